The van der Waals surface area contributed by atoms with Crippen molar-refractivity contribution in [2.75, 3.05) is 6.54 Å². The summed E-state index contributed by atoms with van der Waals surface area (Å²) in [6.07, 6.45) is 1.54. The first-order valence-electron chi connectivity index (χ1n) is 5.15. The summed E-state index contributed by atoms with van der Waals surface area (Å²) in [4.78, 5) is 22.2. The molecular formula is C10H15NO5S. The van der Waals surface area contributed by atoms with E-state index in [2.05, 4.69) is 0 Å². The van der Waals surface area contributed by atoms with Crippen LogP contribution in [0.1, 0.15) is 27.2 Å². The number of hydrogen-bond donors (Lipinski definition) is 1. The third-order valence-electron chi connectivity index (χ3n) is 2.84. The molecule has 0 unspecified atom stereocenters. The van der Waals surface area contributed by atoms with Crippen molar-refractivity contribution < 1.29 is 23.1 Å². The minimum atomic E-state index is -3.63. The number of hydrogen-bond acceptors (Lipinski definition) is 4. The van der Waals surface area contributed by atoms with E-state index in [0.29, 0.717) is 4.31 Å². The largest absolute Gasteiger partial charge is 0.478 e. The minimum absolute atomic E-state index is 0.0951. The summed E-state index contributed by atoms with van der Waals surface area (Å²) in [5, 5.41) is 8.75. The molecule has 96 valence electrons. The predicted octanol–water partition coefficient (Wildman–Crippen LogP) is 0.358. The first-order chi connectivity index (χ1) is 7.66. The topological polar surface area (TPSA) is 91.8 Å². The van der Waals surface area contributed by atoms with Crippen LogP contribution in [0.25, 0.3) is 0 Å². The fraction of sp³-hybridized carbons (Fsp3) is 0.600. The fourth-order valence-electron chi connectivity index (χ4n) is 1.51. The zero-order chi connectivity index (χ0) is 13.4. The summed E-state index contributed by atoms with van der Waals surface area (Å²) in [5.74, 6) is -1.60. The number of aliphatic carboxylic acids is 1. The lowest BCUT2D eigenvalue weighted by Gasteiger charge is -2.42. The SMILES string of the molecule is CCC(=CCN1C(=O)C(C)(C)S1(=O)=O)C(=O)O. The second-order valence-corrected chi connectivity index (χ2v) is 6.65. The van der Waals surface area contributed by atoms with Crippen molar-refractivity contribution in [1.82, 2.24) is 4.31 Å². The van der Waals surface area contributed by atoms with Gasteiger partial charge >= 0.3 is 5.97 Å². The molecule has 1 heterocycles. The molecule has 1 saturated heterocycles. The lowest BCUT2D eigenvalue weighted by atomic mass is 10.1. The van der Waals surface area contributed by atoms with Crippen molar-refractivity contribution in [2.24, 2.45) is 0 Å². The number of carboxylic acids is 1. The van der Waals surface area contributed by atoms with Crippen molar-refractivity contribution in [3.05, 3.63) is 11.6 Å². The second-order valence-electron chi connectivity index (χ2n) is 4.24. The van der Waals surface area contributed by atoms with Gasteiger partial charge in [-0.15, -0.1) is 0 Å². The molecule has 1 aliphatic rings. The molecule has 0 saturated carbocycles. The van der Waals surface area contributed by atoms with Gasteiger partial charge in [-0.05, 0) is 20.3 Å². The molecule has 17 heavy (non-hydrogen) atoms. The van der Waals surface area contributed by atoms with Crippen molar-refractivity contribution in [1.29, 1.82) is 0 Å². The number of amides is 1. The molecule has 0 aliphatic carbocycles. The normalized spacial score (nSPS) is 22.2. The van der Waals surface area contributed by atoms with E-state index in [9.17, 15) is 18.0 Å². The van der Waals surface area contributed by atoms with Gasteiger partial charge in [0.1, 0.15) is 0 Å². The molecule has 1 N–H and O–H groups in total. The van der Waals surface area contributed by atoms with Crippen LogP contribution in [0.4, 0.5) is 0 Å². The molecule has 0 aromatic carbocycles. The van der Waals surface area contributed by atoms with E-state index in [4.69, 9.17) is 5.11 Å². The van der Waals surface area contributed by atoms with E-state index in [1.54, 1.807) is 6.92 Å². The van der Waals surface area contributed by atoms with Gasteiger partial charge in [0.25, 0.3) is 15.9 Å². The maximum atomic E-state index is 11.7. The summed E-state index contributed by atoms with van der Waals surface area (Å²) < 4.78 is 22.7. The Hall–Kier alpha value is -1.37. The molecule has 0 radical (unpaired) electrons. The molecule has 0 aromatic rings. The highest BCUT2D eigenvalue weighted by Gasteiger charge is 2.59. The molecule has 1 amide bonds. The van der Waals surface area contributed by atoms with E-state index in [1.807, 2.05) is 0 Å². The summed E-state index contributed by atoms with van der Waals surface area (Å²) in [7, 11) is -3.63. The number of sulfonamides is 1. The Balaban J connectivity index is 2.87. The van der Waals surface area contributed by atoms with Gasteiger partial charge in [0, 0.05) is 5.57 Å². The van der Waals surface area contributed by atoms with Gasteiger partial charge in [0.2, 0.25) is 0 Å². The smallest absolute Gasteiger partial charge is 0.331 e. The molecule has 0 atom stereocenters. The average molecular weight is 261 g/mol. The number of carboxylic acid groups (broad SMARTS) is 1. The molecule has 1 rings (SSSR count). The highest BCUT2D eigenvalue weighted by molar-refractivity contribution is 7.94. The molecule has 6 nitrogen and oxygen atoms in total. The number of rotatable bonds is 4. The summed E-state index contributed by atoms with van der Waals surface area (Å²) >= 11 is 0. The van der Waals surface area contributed by atoms with Crippen LogP contribution in [-0.2, 0) is 19.6 Å². The van der Waals surface area contributed by atoms with E-state index >= 15 is 0 Å². The summed E-state index contributed by atoms with van der Waals surface area (Å²) in [6, 6.07) is 0. The minimum Gasteiger partial charge on any atom is -0.478 e. The Labute approximate surface area is 100.0 Å². The standard InChI is InChI=1S/C10H15NO5S/c1-4-7(8(12)13)5-6-11-9(14)10(2,3)17(11,15)16/h5H,4,6H2,1-3H3,(H,12,13). The Morgan fingerprint density at radius 3 is 2.35 bits per heavy atom. The lowest BCUT2D eigenvalue weighted by molar-refractivity contribution is -0.133. The maximum Gasteiger partial charge on any atom is 0.331 e. The first kappa shape index (κ1) is 13.7. The molecule has 0 spiro atoms. The predicted molar refractivity (Wildman–Crippen MR) is 60.7 cm³/mol. The van der Waals surface area contributed by atoms with Crippen LogP contribution in [0.2, 0.25) is 0 Å². The molecule has 0 bridgehead atoms. The third-order valence-corrected chi connectivity index (χ3v) is 5.20. The number of nitrogens with zero attached hydrogens (tertiary/aromatic N) is 1. The van der Waals surface area contributed by atoms with Crippen molar-refractivity contribution >= 4 is 21.9 Å². The molecule has 1 aliphatic heterocycles. The van der Waals surface area contributed by atoms with Crippen LogP contribution in [0.15, 0.2) is 11.6 Å². The van der Waals surface area contributed by atoms with Crippen LogP contribution in [-0.4, -0.2) is 41.0 Å². The summed E-state index contributed by atoms with van der Waals surface area (Å²) in [5.41, 5.74) is 0.0951. The van der Waals surface area contributed by atoms with Crippen LogP contribution < -0.4 is 0 Å². The van der Waals surface area contributed by atoms with Gasteiger partial charge in [-0.3, -0.25) is 4.79 Å². The van der Waals surface area contributed by atoms with Gasteiger partial charge in [-0.25, -0.2) is 17.5 Å². The molecule has 1 fully saturated rings. The van der Waals surface area contributed by atoms with E-state index in [1.165, 1.54) is 19.9 Å². The van der Waals surface area contributed by atoms with Crippen molar-refractivity contribution in [3.8, 4) is 0 Å². The molecular weight excluding hydrogens is 246 g/mol. The Kier molecular flexibility index (Phi) is 3.33. The highest BCUT2D eigenvalue weighted by Crippen LogP contribution is 2.34. The van der Waals surface area contributed by atoms with Crippen molar-refractivity contribution in [2.45, 2.75) is 31.9 Å². The first-order valence-corrected chi connectivity index (χ1v) is 6.59. The Bertz CT molecular complexity index is 489. The monoisotopic (exact) mass is 261 g/mol. The van der Waals surface area contributed by atoms with Crippen LogP contribution in [0.5, 0.6) is 0 Å². The molecule has 7 heteroatoms. The number of carbonyl (C=O) groups is 2. The van der Waals surface area contributed by atoms with E-state index < -0.39 is 26.6 Å². The number of carbonyl (C=O) groups excluding carboxylic acids is 1. The van der Waals surface area contributed by atoms with Gasteiger partial charge in [0.15, 0.2) is 4.75 Å². The van der Waals surface area contributed by atoms with Crippen LogP contribution in [0.3, 0.4) is 0 Å². The fourth-order valence-corrected chi connectivity index (χ4v) is 2.98. The van der Waals surface area contributed by atoms with Gasteiger partial charge in [-0.2, -0.15) is 0 Å². The molecule has 0 aromatic heterocycles. The zero-order valence-corrected chi connectivity index (χ0v) is 10.7. The van der Waals surface area contributed by atoms with E-state index in [0.717, 1.165) is 0 Å². The lowest BCUT2D eigenvalue weighted by Crippen LogP contribution is -2.67. The van der Waals surface area contributed by atoms with E-state index in [-0.39, 0.29) is 18.5 Å². The highest BCUT2D eigenvalue weighted by atomic mass is 32.2. The zero-order valence-electron chi connectivity index (χ0n) is 9.93. The van der Waals surface area contributed by atoms with Crippen molar-refractivity contribution in [3.63, 3.8) is 0 Å². The van der Waals surface area contributed by atoms with Crippen LogP contribution >= 0.6 is 0 Å². The van der Waals surface area contributed by atoms with Gasteiger partial charge in [0.05, 0.1) is 6.54 Å². The summed E-state index contributed by atoms with van der Waals surface area (Å²) in [6.45, 7) is 4.11. The van der Waals surface area contributed by atoms with Gasteiger partial charge in [-0.1, -0.05) is 13.0 Å². The third kappa shape index (κ3) is 1.95. The average Bonchev–Trinajstić information content (AvgIpc) is 2.22. The Morgan fingerprint density at radius 2 is 2.00 bits per heavy atom. The van der Waals surface area contributed by atoms with Crippen LogP contribution in [0, 0.1) is 0 Å². The quantitative estimate of drug-likeness (QED) is 0.738. The Morgan fingerprint density at radius 1 is 1.47 bits per heavy atom. The maximum absolute atomic E-state index is 11.7. The second kappa shape index (κ2) is 4.14. The van der Waals surface area contributed by atoms with Gasteiger partial charge < -0.3 is 5.11 Å².